The van der Waals surface area contributed by atoms with Gasteiger partial charge in [0.15, 0.2) is 5.41 Å². The third-order valence-corrected chi connectivity index (χ3v) is 2.87. The van der Waals surface area contributed by atoms with Crippen LogP contribution in [0.2, 0.25) is 0 Å². The lowest BCUT2D eigenvalue weighted by Gasteiger charge is -2.16. The maximum atomic E-state index is 9.09. The van der Waals surface area contributed by atoms with Gasteiger partial charge in [0.1, 0.15) is 0 Å². The van der Waals surface area contributed by atoms with Crippen LogP contribution >= 0.6 is 15.9 Å². The van der Waals surface area contributed by atoms with Crippen LogP contribution < -0.4 is 0 Å². The van der Waals surface area contributed by atoms with E-state index in [2.05, 4.69) is 34.6 Å². The van der Waals surface area contributed by atoms with Crippen LogP contribution in [0.4, 0.5) is 0 Å². The van der Waals surface area contributed by atoms with Crippen molar-refractivity contribution in [3.05, 3.63) is 47.0 Å². The zero-order chi connectivity index (χ0) is 12.0. The smallest absolute Gasteiger partial charge is 0.151 e. The Labute approximate surface area is 104 Å². The van der Waals surface area contributed by atoms with E-state index in [-0.39, 0.29) is 0 Å². The molecule has 0 heterocycles. The first kappa shape index (κ1) is 12.5. The van der Waals surface area contributed by atoms with Crippen molar-refractivity contribution in [2.45, 2.75) is 12.8 Å². The van der Waals surface area contributed by atoms with E-state index in [1.165, 1.54) is 0 Å². The number of benzene rings is 1. The fourth-order valence-electron chi connectivity index (χ4n) is 1.46. The molecule has 0 radical (unpaired) electrons. The fourth-order valence-corrected chi connectivity index (χ4v) is 1.73. The van der Waals surface area contributed by atoms with E-state index in [9.17, 15) is 0 Å². The van der Waals surface area contributed by atoms with Gasteiger partial charge in [-0.25, -0.2) is 0 Å². The number of rotatable bonds is 4. The molecule has 1 rings (SSSR count). The number of halogens is 1. The molecule has 0 aliphatic carbocycles. The molecule has 0 amide bonds. The van der Waals surface area contributed by atoms with Gasteiger partial charge in [0.25, 0.3) is 0 Å². The Bertz CT molecular complexity index is 434. The highest BCUT2D eigenvalue weighted by Crippen LogP contribution is 2.26. The molecule has 0 aliphatic rings. The van der Waals surface area contributed by atoms with Crippen LogP contribution in [0.5, 0.6) is 0 Å². The molecule has 2 nitrogen and oxygen atoms in total. The Morgan fingerprint density at radius 1 is 1.25 bits per heavy atom. The van der Waals surface area contributed by atoms with Crippen molar-refractivity contribution in [3.63, 3.8) is 0 Å². The van der Waals surface area contributed by atoms with Crippen molar-refractivity contribution < 1.29 is 0 Å². The van der Waals surface area contributed by atoms with E-state index in [0.29, 0.717) is 12.8 Å². The molecular formula is C13H11BrN2. The summed E-state index contributed by atoms with van der Waals surface area (Å²) in [5, 5.41) is 18.2. The molecule has 0 unspecified atom stereocenters. The molecule has 80 valence electrons. The van der Waals surface area contributed by atoms with Gasteiger partial charge in [-0.15, -0.1) is 6.58 Å². The molecular weight excluding hydrogens is 264 g/mol. The summed E-state index contributed by atoms with van der Waals surface area (Å²) in [5.41, 5.74) is -0.0107. The Morgan fingerprint density at radius 3 is 2.25 bits per heavy atom. The first-order valence-corrected chi connectivity index (χ1v) is 5.63. The second-order valence-corrected chi connectivity index (χ2v) is 4.52. The molecule has 3 heteroatoms. The van der Waals surface area contributed by atoms with Crippen LogP contribution in [0, 0.1) is 28.1 Å². The van der Waals surface area contributed by atoms with Crippen molar-refractivity contribution in [1.29, 1.82) is 10.5 Å². The molecule has 1 aromatic carbocycles. The normalized spacial score (nSPS) is 10.2. The topological polar surface area (TPSA) is 47.6 Å². The van der Waals surface area contributed by atoms with Gasteiger partial charge in [-0.3, -0.25) is 0 Å². The minimum absolute atomic E-state index is 0.385. The zero-order valence-corrected chi connectivity index (χ0v) is 10.4. The predicted molar refractivity (Wildman–Crippen MR) is 66.3 cm³/mol. The monoisotopic (exact) mass is 274 g/mol. The van der Waals surface area contributed by atoms with Crippen LogP contribution in [-0.4, -0.2) is 0 Å². The van der Waals surface area contributed by atoms with E-state index in [4.69, 9.17) is 10.5 Å². The summed E-state index contributed by atoms with van der Waals surface area (Å²) >= 11 is 3.34. The van der Waals surface area contributed by atoms with E-state index in [1.54, 1.807) is 6.08 Å². The molecule has 0 spiro atoms. The minimum Gasteiger partial charge on any atom is -0.197 e. The first-order chi connectivity index (χ1) is 7.65. The molecule has 0 aliphatic heterocycles. The van der Waals surface area contributed by atoms with Gasteiger partial charge < -0.3 is 0 Å². The van der Waals surface area contributed by atoms with E-state index in [0.717, 1.165) is 10.0 Å². The van der Waals surface area contributed by atoms with Crippen molar-refractivity contribution >= 4 is 15.9 Å². The second kappa shape index (κ2) is 5.49. The quantitative estimate of drug-likeness (QED) is 0.788. The molecule has 0 N–H and O–H groups in total. The number of nitrogens with zero attached hydrogens (tertiary/aromatic N) is 2. The van der Waals surface area contributed by atoms with Gasteiger partial charge >= 0.3 is 0 Å². The van der Waals surface area contributed by atoms with Gasteiger partial charge in [0, 0.05) is 10.9 Å². The summed E-state index contributed by atoms with van der Waals surface area (Å²) in [6.45, 7) is 3.59. The highest BCUT2D eigenvalue weighted by atomic mass is 79.9. The van der Waals surface area contributed by atoms with Crippen LogP contribution in [0.3, 0.4) is 0 Å². The summed E-state index contributed by atoms with van der Waals surface area (Å²) in [7, 11) is 0. The first-order valence-electron chi connectivity index (χ1n) is 4.83. The largest absolute Gasteiger partial charge is 0.197 e. The second-order valence-electron chi connectivity index (χ2n) is 3.60. The molecule has 1 aromatic rings. The van der Waals surface area contributed by atoms with Crippen LogP contribution in [0.15, 0.2) is 41.4 Å². The van der Waals surface area contributed by atoms with Gasteiger partial charge in [-0.2, -0.15) is 10.5 Å². The van der Waals surface area contributed by atoms with Crippen LogP contribution in [0.1, 0.15) is 12.0 Å². The highest BCUT2D eigenvalue weighted by Gasteiger charge is 2.28. The van der Waals surface area contributed by atoms with Gasteiger partial charge in [-0.05, 0) is 24.1 Å². The third-order valence-electron chi connectivity index (χ3n) is 2.34. The van der Waals surface area contributed by atoms with Gasteiger partial charge in [0.05, 0.1) is 12.1 Å². The SMILES string of the molecule is C=CCC(C#N)(C#N)Cc1ccc(Br)cc1. The van der Waals surface area contributed by atoms with Crippen molar-refractivity contribution in [1.82, 2.24) is 0 Å². The number of allylic oxidation sites excluding steroid dienone is 1. The van der Waals surface area contributed by atoms with E-state index in [1.807, 2.05) is 24.3 Å². The molecule has 0 saturated heterocycles. The van der Waals surface area contributed by atoms with Crippen molar-refractivity contribution in [2.24, 2.45) is 5.41 Å². The average molecular weight is 275 g/mol. The fraction of sp³-hybridized carbons (Fsp3) is 0.231. The van der Waals surface area contributed by atoms with Gasteiger partial charge in [0.2, 0.25) is 0 Å². The Hall–Kier alpha value is -1.58. The lowest BCUT2D eigenvalue weighted by molar-refractivity contribution is 0.527. The number of hydrogen-bond donors (Lipinski definition) is 0. The molecule has 0 atom stereocenters. The molecule has 0 bridgehead atoms. The zero-order valence-electron chi connectivity index (χ0n) is 8.78. The molecule has 0 saturated carbocycles. The predicted octanol–water partition coefficient (Wildman–Crippen LogP) is 3.60. The summed E-state index contributed by atoms with van der Waals surface area (Å²) in [4.78, 5) is 0. The Morgan fingerprint density at radius 2 is 1.81 bits per heavy atom. The maximum absolute atomic E-state index is 9.09. The Balaban J connectivity index is 2.93. The molecule has 16 heavy (non-hydrogen) atoms. The number of nitriles is 2. The summed E-state index contributed by atoms with van der Waals surface area (Å²) in [5.74, 6) is 0. The highest BCUT2D eigenvalue weighted by molar-refractivity contribution is 9.10. The minimum atomic E-state index is -0.990. The van der Waals surface area contributed by atoms with Crippen LogP contribution in [-0.2, 0) is 6.42 Å². The van der Waals surface area contributed by atoms with E-state index < -0.39 is 5.41 Å². The Kier molecular flexibility index (Phi) is 4.28. The lowest BCUT2D eigenvalue weighted by Crippen LogP contribution is -2.18. The van der Waals surface area contributed by atoms with Gasteiger partial charge in [-0.1, -0.05) is 34.1 Å². The summed E-state index contributed by atoms with van der Waals surface area (Å²) < 4.78 is 0.986. The molecule has 0 aromatic heterocycles. The van der Waals surface area contributed by atoms with Crippen molar-refractivity contribution in [3.8, 4) is 12.1 Å². The lowest BCUT2D eigenvalue weighted by atomic mass is 9.81. The third kappa shape index (κ3) is 2.95. The summed E-state index contributed by atoms with van der Waals surface area (Å²) in [6.07, 6.45) is 2.43. The maximum Gasteiger partial charge on any atom is 0.151 e. The standard InChI is InChI=1S/C13H11BrN2/c1-2-7-13(9-15,10-16)8-11-3-5-12(14)6-4-11/h2-6H,1,7-8H2. The van der Waals surface area contributed by atoms with Crippen molar-refractivity contribution in [2.75, 3.05) is 0 Å². The average Bonchev–Trinajstić information content (AvgIpc) is 2.31. The van der Waals surface area contributed by atoms with E-state index >= 15 is 0 Å². The van der Waals surface area contributed by atoms with Crippen LogP contribution in [0.25, 0.3) is 0 Å². The molecule has 0 fully saturated rings. The summed E-state index contributed by atoms with van der Waals surface area (Å²) in [6, 6.07) is 11.8. The number of hydrogen-bond acceptors (Lipinski definition) is 2.